The van der Waals surface area contributed by atoms with Crippen LogP contribution in [0.4, 0.5) is 11.4 Å². The second kappa shape index (κ2) is 6.57. The Hall–Kier alpha value is -1.55. The molecule has 104 valence electrons. The smallest absolute Gasteiger partial charge is 0.238 e. The Morgan fingerprint density at radius 1 is 1.32 bits per heavy atom. The maximum atomic E-state index is 11.9. The molecule has 0 saturated heterocycles. The Morgan fingerprint density at radius 2 is 1.95 bits per heavy atom. The Balaban J connectivity index is 1.75. The molecule has 1 aromatic rings. The van der Waals surface area contributed by atoms with Crippen molar-refractivity contribution in [3.63, 3.8) is 0 Å². The summed E-state index contributed by atoms with van der Waals surface area (Å²) in [5.41, 5.74) is 7.11. The number of nitrogens with two attached hydrogens (primary N) is 1. The highest BCUT2D eigenvalue weighted by atomic mass is 16.2. The monoisotopic (exact) mass is 261 g/mol. The van der Waals surface area contributed by atoms with E-state index in [-0.39, 0.29) is 5.91 Å². The molecule has 0 spiro atoms. The summed E-state index contributed by atoms with van der Waals surface area (Å²) in [7, 11) is 2.01. The molecule has 1 aliphatic carbocycles. The highest BCUT2D eigenvalue weighted by Gasteiger charge is 2.17. The highest BCUT2D eigenvalue weighted by Crippen LogP contribution is 2.25. The molecule has 1 fully saturated rings. The molecular formula is C15H23N3O. The van der Waals surface area contributed by atoms with Crippen LogP contribution in [0.1, 0.15) is 25.7 Å². The van der Waals surface area contributed by atoms with Crippen LogP contribution >= 0.6 is 0 Å². The fourth-order valence-corrected chi connectivity index (χ4v) is 2.71. The van der Waals surface area contributed by atoms with Crippen LogP contribution in [-0.4, -0.2) is 30.9 Å². The summed E-state index contributed by atoms with van der Waals surface area (Å²) in [6.07, 6.45) is 5.31. The number of nitrogen functional groups attached to an aromatic ring is 1. The molecular weight excluding hydrogens is 238 g/mol. The standard InChI is InChI=1S/C15H23N3O/c1-18(10-12-4-2-3-5-12)11-15(19)17-14-8-6-13(16)7-9-14/h6-9,12H,2-5,10-11,16H2,1H3,(H,17,19). The first kappa shape index (κ1) is 13.9. The number of nitrogens with zero attached hydrogens (tertiary/aromatic N) is 1. The van der Waals surface area contributed by atoms with Crippen molar-refractivity contribution < 1.29 is 4.79 Å². The van der Waals surface area contributed by atoms with Gasteiger partial charge in [0.15, 0.2) is 0 Å². The first-order chi connectivity index (χ1) is 9.13. The number of nitrogens with one attached hydrogen (secondary N) is 1. The predicted molar refractivity (Wildman–Crippen MR) is 78.9 cm³/mol. The minimum Gasteiger partial charge on any atom is -0.399 e. The maximum Gasteiger partial charge on any atom is 0.238 e. The molecule has 0 atom stereocenters. The predicted octanol–water partition coefficient (Wildman–Crippen LogP) is 2.33. The van der Waals surface area contributed by atoms with Gasteiger partial charge >= 0.3 is 0 Å². The van der Waals surface area contributed by atoms with Gasteiger partial charge in [-0.15, -0.1) is 0 Å². The lowest BCUT2D eigenvalue weighted by Crippen LogP contribution is -2.33. The van der Waals surface area contributed by atoms with E-state index in [1.807, 2.05) is 19.2 Å². The van der Waals surface area contributed by atoms with Crippen LogP contribution in [0.2, 0.25) is 0 Å². The third kappa shape index (κ3) is 4.56. The Bertz CT molecular complexity index is 410. The molecule has 0 aromatic heterocycles. The number of amides is 1. The summed E-state index contributed by atoms with van der Waals surface area (Å²) in [6.45, 7) is 1.47. The normalized spacial score (nSPS) is 15.9. The van der Waals surface area contributed by atoms with Gasteiger partial charge in [0, 0.05) is 17.9 Å². The molecule has 1 amide bonds. The van der Waals surface area contributed by atoms with E-state index in [0.717, 1.165) is 18.2 Å². The zero-order valence-corrected chi connectivity index (χ0v) is 11.6. The van der Waals surface area contributed by atoms with Gasteiger partial charge in [-0.05, 0) is 50.1 Å². The topological polar surface area (TPSA) is 58.4 Å². The van der Waals surface area contributed by atoms with Crippen molar-refractivity contribution in [2.45, 2.75) is 25.7 Å². The van der Waals surface area contributed by atoms with Crippen LogP contribution in [0.25, 0.3) is 0 Å². The summed E-state index contributed by atoms with van der Waals surface area (Å²) in [6, 6.07) is 7.23. The van der Waals surface area contributed by atoms with Gasteiger partial charge in [0.25, 0.3) is 0 Å². The van der Waals surface area contributed by atoms with Crippen LogP contribution in [0.5, 0.6) is 0 Å². The fraction of sp³-hybridized carbons (Fsp3) is 0.533. The van der Waals surface area contributed by atoms with E-state index in [4.69, 9.17) is 5.73 Å². The van der Waals surface area contributed by atoms with Gasteiger partial charge in [-0.1, -0.05) is 12.8 Å². The largest absolute Gasteiger partial charge is 0.399 e. The fourth-order valence-electron chi connectivity index (χ4n) is 2.71. The molecule has 0 unspecified atom stereocenters. The van der Waals surface area contributed by atoms with E-state index in [2.05, 4.69) is 10.2 Å². The molecule has 0 radical (unpaired) electrons. The van der Waals surface area contributed by atoms with Crippen molar-refractivity contribution in [2.75, 3.05) is 31.2 Å². The van der Waals surface area contributed by atoms with Crippen LogP contribution in [0.15, 0.2) is 24.3 Å². The van der Waals surface area contributed by atoms with E-state index in [0.29, 0.717) is 12.2 Å². The van der Waals surface area contributed by atoms with E-state index >= 15 is 0 Å². The number of anilines is 2. The van der Waals surface area contributed by atoms with Crippen LogP contribution in [0, 0.1) is 5.92 Å². The van der Waals surface area contributed by atoms with Crippen LogP contribution < -0.4 is 11.1 Å². The number of hydrogen-bond donors (Lipinski definition) is 2. The van der Waals surface area contributed by atoms with Crippen molar-refractivity contribution in [3.05, 3.63) is 24.3 Å². The van der Waals surface area contributed by atoms with Gasteiger partial charge in [0.2, 0.25) is 5.91 Å². The van der Waals surface area contributed by atoms with E-state index < -0.39 is 0 Å². The SMILES string of the molecule is CN(CC(=O)Nc1ccc(N)cc1)CC1CCCC1. The number of hydrogen-bond acceptors (Lipinski definition) is 3. The van der Waals surface area contributed by atoms with Crippen LogP contribution in [0.3, 0.4) is 0 Å². The first-order valence-electron chi connectivity index (χ1n) is 6.97. The zero-order chi connectivity index (χ0) is 13.7. The molecule has 1 aliphatic rings. The summed E-state index contributed by atoms with van der Waals surface area (Å²) in [4.78, 5) is 14.0. The maximum absolute atomic E-state index is 11.9. The molecule has 19 heavy (non-hydrogen) atoms. The molecule has 3 N–H and O–H groups in total. The van der Waals surface area contributed by atoms with Crippen molar-refractivity contribution in [3.8, 4) is 0 Å². The van der Waals surface area contributed by atoms with Gasteiger partial charge < -0.3 is 11.1 Å². The van der Waals surface area contributed by atoms with E-state index in [1.165, 1.54) is 25.7 Å². The molecule has 2 rings (SSSR count). The van der Waals surface area contributed by atoms with Gasteiger partial charge in [-0.25, -0.2) is 0 Å². The number of likely N-dealkylation sites (N-methyl/N-ethyl adjacent to an activating group) is 1. The van der Waals surface area contributed by atoms with Crippen molar-refractivity contribution >= 4 is 17.3 Å². The van der Waals surface area contributed by atoms with Gasteiger partial charge in [0.05, 0.1) is 6.54 Å². The van der Waals surface area contributed by atoms with Crippen molar-refractivity contribution in [1.82, 2.24) is 4.90 Å². The lowest BCUT2D eigenvalue weighted by atomic mass is 10.1. The van der Waals surface area contributed by atoms with Gasteiger partial charge in [-0.2, -0.15) is 0 Å². The van der Waals surface area contributed by atoms with E-state index in [1.54, 1.807) is 12.1 Å². The summed E-state index contributed by atoms with van der Waals surface area (Å²) >= 11 is 0. The Labute approximate surface area is 115 Å². The second-order valence-electron chi connectivity index (χ2n) is 5.52. The number of carbonyl (C=O) groups excluding carboxylic acids is 1. The Kier molecular flexibility index (Phi) is 4.80. The zero-order valence-electron chi connectivity index (χ0n) is 11.6. The average Bonchev–Trinajstić information content (AvgIpc) is 2.84. The molecule has 0 heterocycles. The number of carbonyl (C=O) groups is 1. The minimum absolute atomic E-state index is 0.0327. The molecule has 4 nitrogen and oxygen atoms in total. The molecule has 4 heteroatoms. The number of benzene rings is 1. The molecule has 1 aromatic carbocycles. The third-order valence-electron chi connectivity index (χ3n) is 3.65. The Morgan fingerprint density at radius 3 is 2.58 bits per heavy atom. The van der Waals surface area contributed by atoms with Crippen molar-refractivity contribution in [1.29, 1.82) is 0 Å². The molecule has 0 aliphatic heterocycles. The average molecular weight is 261 g/mol. The second-order valence-corrected chi connectivity index (χ2v) is 5.52. The molecule has 1 saturated carbocycles. The number of rotatable bonds is 5. The van der Waals surface area contributed by atoms with E-state index in [9.17, 15) is 4.79 Å². The molecule has 0 bridgehead atoms. The lowest BCUT2D eigenvalue weighted by Gasteiger charge is -2.20. The first-order valence-corrected chi connectivity index (χ1v) is 6.97. The quantitative estimate of drug-likeness (QED) is 0.800. The summed E-state index contributed by atoms with van der Waals surface area (Å²) in [5.74, 6) is 0.805. The highest BCUT2D eigenvalue weighted by molar-refractivity contribution is 5.92. The minimum atomic E-state index is 0.0327. The van der Waals surface area contributed by atoms with Gasteiger partial charge in [0.1, 0.15) is 0 Å². The van der Waals surface area contributed by atoms with Gasteiger partial charge in [-0.3, -0.25) is 9.69 Å². The lowest BCUT2D eigenvalue weighted by molar-refractivity contribution is -0.117. The van der Waals surface area contributed by atoms with Crippen molar-refractivity contribution in [2.24, 2.45) is 5.92 Å². The van der Waals surface area contributed by atoms with Crippen LogP contribution in [-0.2, 0) is 4.79 Å². The third-order valence-corrected chi connectivity index (χ3v) is 3.65. The summed E-state index contributed by atoms with van der Waals surface area (Å²) in [5, 5.41) is 2.89. The summed E-state index contributed by atoms with van der Waals surface area (Å²) < 4.78 is 0.